The lowest BCUT2D eigenvalue weighted by molar-refractivity contribution is -0.384. The maximum atomic E-state index is 11.3. The second kappa shape index (κ2) is 8.72. The van der Waals surface area contributed by atoms with Gasteiger partial charge in [-0.15, -0.1) is 0 Å². The summed E-state index contributed by atoms with van der Waals surface area (Å²) in [5.74, 6) is 1.02. The van der Waals surface area contributed by atoms with Crippen LogP contribution in [0.4, 0.5) is 17.5 Å². The molecule has 1 saturated carbocycles. The number of aryl methyl sites for hydroxylation is 1. The fourth-order valence-corrected chi connectivity index (χ4v) is 3.22. The molecule has 2 heterocycles. The molecule has 0 atom stereocenters. The Morgan fingerprint density at radius 2 is 2.04 bits per heavy atom. The van der Waals surface area contributed by atoms with Gasteiger partial charge in [0.25, 0.3) is 0 Å². The molecule has 2 aromatic heterocycles. The van der Waals surface area contributed by atoms with E-state index < -0.39 is 4.92 Å². The minimum absolute atomic E-state index is 0.123. The van der Waals surface area contributed by atoms with Crippen molar-refractivity contribution in [3.8, 4) is 0 Å². The monoisotopic (exact) mass is 371 g/mol. The summed E-state index contributed by atoms with van der Waals surface area (Å²) in [5.41, 5.74) is 7.75. The van der Waals surface area contributed by atoms with Crippen molar-refractivity contribution in [3.63, 3.8) is 0 Å². The van der Waals surface area contributed by atoms with Gasteiger partial charge in [0.05, 0.1) is 17.2 Å². The van der Waals surface area contributed by atoms with Gasteiger partial charge in [0.1, 0.15) is 6.20 Å². The van der Waals surface area contributed by atoms with Crippen molar-refractivity contribution >= 4 is 17.5 Å². The van der Waals surface area contributed by atoms with Crippen LogP contribution in [0.15, 0.2) is 24.5 Å². The van der Waals surface area contributed by atoms with E-state index in [1.54, 1.807) is 6.20 Å². The highest BCUT2D eigenvalue weighted by Gasteiger charge is 2.21. The molecule has 0 radical (unpaired) electrons. The number of aromatic nitrogens is 3. The summed E-state index contributed by atoms with van der Waals surface area (Å²) in [7, 11) is 0. The van der Waals surface area contributed by atoms with E-state index >= 15 is 0 Å². The molecule has 144 valence electrons. The number of hydrogen-bond donors (Lipinski definition) is 3. The Kier molecular flexibility index (Phi) is 6.12. The molecule has 1 aliphatic rings. The molecular weight excluding hydrogens is 346 g/mol. The number of anilines is 2. The van der Waals surface area contributed by atoms with Crippen LogP contribution in [0.5, 0.6) is 0 Å². The molecule has 27 heavy (non-hydrogen) atoms. The van der Waals surface area contributed by atoms with Crippen molar-refractivity contribution in [1.82, 2.24) is 15.0 Å². The summed E-state index contributed by atoms with van der Waals surface area (Å²) in [6.45, 7) is 3.07. The molecule has 0 saturated heterocycles. The van der Waals surface area contributed by atoms with E-state index in [0.717, 1.165) is 36.9 Å². The minimum Gasteiger partial charge on any atom is -0.364 e. The third-order valence-corrected chi connectivity index (χ3v) is 4.95. The molecule has 1 fully saturated rings. The fourth-order valence-electron chi connectivity index (χ4n) is 3.22. The van der Waals surface area contributed by atoms with E-state index in [-0.39, 0.29) is 17.5 Å². The zero-order valence-corrected chi connectivity index (χ0v) is 15.4. The highest BCUT2D eigenvalue weighted by atomic mass is 16.6. The van der Waals surface area contributed by atoms with Gasteiger partial charge in [-0.05, 0) is 50.2 Å². The molecule has 0 aliphatic heterocycles. The van der Waals surface area contributed by atoms with Gasteiger partial charge in [0.2, 0.25) is 11.8 Å². The number of nitrogens with one attached hydrogen (secondary N) is 2. The Bertz CT molecular complexity index is 791. The zero-order valence-electron chi connectivity index (χ0n) is 15.4. The van der Waals surface area contributed by atoms with E-state index in [9.17, 15) is 10.1 Å². The third-order valence-electron chi connectivity index (χ3n) is 4.95. The second-order valence-electron chi connectivity index (χ2n) is 6.97. The molecule has 2 aromatic rings. The van der Waals surface area contributed by atoms with Crippen LogP contribution in [0.1, 0.15) is 36.9 Å². The van der Waals surface area contributed by atoms with Crippen molar-refractivity contribution in [2.45, 2.75) is 45.2 Å². The van der Waals surface area contributed by atoms with E-state index in [0.29, 0.717) is 25.0 Å². The SMILES string of the molecule is Cc1cccnc1CNc1ncc([N+](=O)[O-])c(NCC2CCC(N)CC2)n1. The number of hydrogen-bond acceptors (Lipinski definition) is 8. The number of nitrogens with two attached hydrogens (primary N) is 1. The molecule has 0 spiro atoms. The molecular formula is C18H25N7O2. The molecule has 0 unspecified atom stereocenters. The van der Waals surface area contributed by atoms with Crippen LogP contribution in [-0.2, 0) is 6.54 Å². The van der Waals surface area contributed by atoms with Crippen molar-refractivity contribution in [1.29, 1.82) is 0 Å². The maximum Gasteiger partial charge on any atom is 0.329 e. The topological polar surface area (TPSA) is 132 Å². The predicted molar refractivity (Wildman–Crippen MR) is 103 cm³/mol. The normalized spacial score (nSPS) is 19.5. The number of nitrogens with zero attached hydrogens (tertiary/aromatic N) is 4. The van der Waals surface area contributed by atoms with Gasteiger partial charge in [0, 0.05) is 18.8 Å². The van der Waals surface area contributed by atoms with Gasteiger partial charge in [-0.25, -0.2) is 4.98 Å². The number of rotatable bonds is 7. The highest BCUT2D eigenvalue weighted by Crippen LogP contribution is 2.26. The van der Waals surface area contributed by atoms with Crippen molar-refractivity contribution in [2.75, 3.05) is 17.2 Å². The van der Waals surface area contributed by atoms with Crippen LogP contribution in [0, 0.1) is 23.0 Å². The molecule has 3 rings (SSSR count). The first-order chi connectivity index (χ1) is 13.0. The smallest absolute Gasteiger partial charge is 0.329 e. The Labute approximate surface area is 158 Å². The van der Waals surface area contributed by atoms with E-state index in [2.05, 4.69) is 25.6 Å². The summed E-state index contributed by atoms with van der Waals surface area (Å²) in [4.78, 5) is 23.5. The molecule has 0 aromatic carbocycles. The van der Waals surface area contributed by atoms with Crippen LogP contribution in [0.25, 0.3) is 0 Å². The van der Waals surface area contributed by atoms with Crippen LogP contribution in [0.3, 0.4) is 0 Å². The van der Waals surface area contributed by atoms with Crippen LogP contribution >= 0.6 is 0 Å². The average Bonchev–Trinajstić information content (AvgIpc) is 2.67. The predicted octanol–water partition coefficient (Wildman–Crippen LogP) is 2.63. The number of nitro groups is 1. The summed E-state index contributed by atoms with van der Waals surface area (Å²) in [6, 6.07) is 4.13. The highest BCUT2D eigenvalue weighted by molar-refractivity contribution is 5.57. The van der Waals surface area contributed by atoms with Crippen molar-refractivity contribution in [3.05, 3.63) is 45.9 Å². The van der Waals surface area contributed by atoms with Crippen LogP contribution in [-0.4, -0.2) is 32.5 Å². The summed E-state index contributed by atoms with van der Waals surface area (Å²) in [6.07, 6.45) is 7.00. The van der Waals surface area contributed by atoms with Crippen molar-refractivity contribution in [2.24, 2.45) is 11.7 Å². The Balaban J connectivity index is 1.67. The molecule has 0 amide bonds. The molecule has 9 nitrogen and oxygen atoms in total. The maximum absolute atomic E-state index is 11.3. The van der Waals surface area contributed by atoms with Gasteiger partial charge in [0.15, 0.2) is 0 Å². The largest absolute Gasteiger partial charge is 0.364 e. The van der Waals surface area contributed by atoms with Gasteiger partial charge in [-0.1, -0.05) is 6.07 Å². The molecule has 4 N–H and O–H groups in total. The number of pyridine rings is 1. The first-order valence-electron chi connectivity index (χ1n) is 9.18. The van der Waals surface area contributed by atoms with E-state index in [4.69, 9.17) is 5.73 Å². The Morgan fingerprint density at radius 1 is 1.26 bits per heavy atom. The quantitative estimate of drug-likeness (QED) is 0.500. The lowest BCUT2D eigenvalue weighted by Crippen LogP contribution is -2.29. The Morgan fingerprint density at radius 3 is 2.74 bits per heavy atom. The third kappa shape index (κ3) is 5.10. The first kappa shape index (κ1) is 19.0. The van der Waals surface area contributed by atoms with Gasteiger partial charge < -0.3 is 16.4 Å². The average molecular weight is 371 g/mol. The Hall–Kier alpha value is -2.81. The summed E-state index contributed by atoms with van der Waals surface area (Å²) >= 11 is 0. The fraction of sp³-hybridized carbons (Fsp3) is 0.500. The second-order valence-corrected chi connectivity index (χ2v) is 6.97. The molecule has 1 aliphatic carbocycles. The lowest BCUT2D eigenvalue weighted by atomic mass is 9.86. The van der Waals surface area contributed by atoms with Crippen LogP contribution in [0.2, 0.25) is 0 Å². The van der Waals surface area contributed by atoms with Gasteiger partial charge >= 0.3 is 5.69 Å². The first-order valence-corrected chi connectivity index (χ1v) is 9.18. The summed E-state index contributed by atoms with van der Waals surface area (Å²) < 4.78 is 0. The van der Waals surface area contributed by atoms with E-state index in [1.807, 2.05) is 19.1 Å². The molecule has 0 bridgehead atoms. The van der Waals surface area contributed by atoms with Gasteiger partial charge in [-0.3, -0.25) is 15.1 Å². The molecule has 9 heteroatoms. The standard InChI is InChI=1S/C18H25N7O2/c1-12-3-2-8-20-15(12)10-22-18-23-11-16(25(26)27)17(24-18)21-9-13-4-6-14(19)7-5-13/h2-3,8,11,13-14H,4-7,9-10,19H2,1H3,(H2,21,22,23,24). The van der Waals surface area contributed by atoms with Gasteiger partial charge in [-0.2, -0.15) is 4.98 Å². The van der Waals surface area contributed by atoms with E-state index in [1.165, 1.54) is 6.20 Å². The lowest BCUT2D eigenvalue weighted by Gasteiger charge is -2.26. The zero-order chi connectivity index (χ0) is 19.2. The van der Waals surface area contributed by atoms with Crippen molar-refractivity contribution < 1.29 is 4.92 Å². The minimum atomic E-state index is -0.466. The van der Waals surface area contributed by atoms with Crippen LogP contribution < -0.4 is 16.4 Å². The summed E-state index contributed by atoms with van der Waals surface area (Å²) in [5, 5.41) is 17.5.